The van der Waals surface area contributed by atoms with E-state index in [-0.39, 0.29) is 18.6 Å². The summed E-state index contributed by atoms with van der Waals surface area (Å²) in [7, 11) is 0. The van der Waals surface area contributed by atoms with Crippen LogP contribution in [0.2, 0.25) is 0 Å². The van der Waals surface area contributed by atoms with Crippen LogP contribution in [-0.4, -0.2) is 38.8 Å². The highest BCUT2D eigenvalue weighted by atomic mass is 16.4. The number of carbonyl (C=O) groups is 2. The predicted octanol–water partition coefficient (Wildman–Crippen LogP) is 0.0128. The molecule has 0 fully saturated rings. The third-order valence-corrected chi connectivity index (χ3v) is 1.78. The lowest BCUT2D eigenvalue weighted by molar-refractivity contribution is 0.0646. The summed E-state index contributed by atoms with van der Waals surface area (Å²) in [4.78, 5) is 24.9. The highest BCUT2D eigenvalue weighted by Crippen LogP contribution is 2.09. The van der Waals surface area contributed by atoms with Gasteiger partial charge in [-0.1, -0.05) is 0 Å². The van der Waals surface area contributed by atoms with Crippen molar-refractivity contribution in [2.75, 3.05) is 6.61 Å². The van der Waals surface area contributed by atoms with Gasteiger partial charge in [0, 0.05) is 12.8 Å². The third-order valence-electron chi connectivity index (χ3n) is 1.78. The van der Waals surface area contributed by atoms with Gasteiger partial charge in [0.1, 0.15) is 0 Å². The van der Waals surface area contributed by atoms with Gasteiger partial charge in [-0.05, 0) is 18.1 Å². The van der Waals surface area contributed by atoms with Gasteiger partial charge in [0.25, 0.3) is 0 Å². The lowest BCUT2D eigenvalue weighted by Crippen LogP contribution is -2.11. The van der Waals surface area contributed by atoms with Crippen LogP contribution in [0.25, 0.3) is 0 Å². The predicted molar refractivity (Wildman–Crippen MR) is 48.9 cm³/mol. The van der Waals surface area contributed by atoms with Crippen molar-refractivity contribution in [3.63, 3.8) is 0 Å². The van der Waals surface area contributed by atoms with Crippen molar-refractivity contribution in [1.82, 2.24) is 4.98 Å². The Morgan fingerprint density at radius 3 is 2.40 bits per heavy atom. The first-order chi connectivity index (χ1) is 7.06. The van der Waals surface area contributed by atoms with E-state index in [0.29, 0.717) is 5.56 Å². The maximum atomic E-state index is 10.7. The average Bonchev–Trinajstić information content (AvgIpc) is 2.17. The molecule has 0 spiro atoms. The van der Waals surface area contributed by atoms with E-state index in [1.54, 1.807) is 0 Å². The second kappa shape index (κ2) is 4.52. The van der Waals surface area contributed by atoms with Crippen LogP contribution in [0.15, 0.2) is 12.3 Å². The SMILES string of the molecule is O=C(O)c1cc(CCO)cnc1C(=O)O. The lowest BCUT2D eigenvalue weighted by Gasteiger charge is -2.03. The molecule has 1 heterocycles. The number of hydrogen-bond acceptors (Lipinski definition) is 4. The van der Waals surface area contributed by atoms with Crippen molar-refractivity contribution in [1.29, 1.82) is 0 Å². The van der Waals surface area contributed by atoms with Crippen molar-refractivity contribution >= 4 is 11.9 Å². The molecule has 0 aromatic carbocycles. The summed E-state index contributed by atoms with van der Waals surface area (Å²) in [6.45, 7) is -0.146. The van der Waals surface area contributed by atoms with Crippen molar-refractivity contribution < 1.29 is 24.9 Å². The summed E-state index contributed by atoms with van der Waals surface area (Å²) >= 11 is 0. The van der Waals surface area contributed by atoms with Crippen LogP contribution in [0, 0.1) is 0 Å². The zero-order chi connectivity index (χ0) is 11.4. The molecule has 0 amide bonds. The van der Waals surface area contributed by atoms with E-state index in [4.69, 9.17) is 15.3 Å². The number of rotatable bonds is 4. The van der Waals surface area contributed by atoms with Crippen LogP contribution in [-0.2, 0) is 6.42 Å². The molecule has 0 saturated carbocycles. The quantitative estimate of drug-likeness (QED) is 0.647. The largest absolute Gasteiger partial charge is 0.478 e. The molecule has 1 aromatic rings. The molecule has 0 aliphatic rings. The molecule has 0 atom stereocenters. The van der Waals surface area contributed by atoms with Crippen LogP contribution in [0.4, 0.5) is 0 Å². The summed E-state index contributed by atoms with van der Waals surface area (Å²) in [5.74, 6) is -2.73. The number of hydrogen-bond donors (Lipinski definition) is 3. The molecule has 6 nitrogen and oxygen atoms in total. The molecule has 3 N–H and O–H groups in total. The van der Waals surface area contributed by atoms with Gasteiger partial charge in [-0.25, -0.2) is 14.6 Å². The van der Waals surface area contributed by atoms with E-state index in [9.17, 15) is 9.59 Å². The molecule has 0 unspecified atom stereocenters. The lowest BCUT2D eigenvalue weighted by atomic mass is 10.1. The van der Waals surface area contributed by atoms with Crippen molar-refractivity contribution in [3.8, 4) is 0 Å². The van der Waals surface area contributed by atoms with E-state index in [2.05, 4.69) is 4.98 Å². The molecule has 0 radical (unpaired) electrons. The minimum atomic E-state index is -1.39. The minimum Gasteiger partial charge on any atom is -0.478 e. The molecule has 15 heavy (non-hydrogen) atoms. The van der Waals surface area contributed by atoms with E-state index < -0.39 is 17.6 Å². The number of carboxylic acid groups (broad SMARTS) is 2. The normalized spacial score (nSPS) is 9.93. The van der Waals surface area contributed by atoms with Crippen LogP contribution < -0.4 is 0 Å². The van der Waals surface area contributed by atoms with Crippen LogP contribution in [0.5, 0.6) is 0 Å². The first-order valence-electron chi connectivity index (χ1n) is 4.12. The van der Waals surface area contributed by atoms with Crippen LogP contribution in [0.3, 0.4) is 0 Å². The Balaban J connectivity index is 3.21. The highest BCUT2D eigenvalue weighted by molar-refractivity contribution is 6.00. The number of aliphatic hydroxyl groups excluding tert-OH is 1. The van der Waals surface area contributed by atoms with Gasteiger partial charge in [0.15, 0.2) is 5.69 Å². The minimum absolute atomic E-state index is 0.146. The first kappa shape index (κ1) is 11.1. The molecule has 0 bridgehead atoms. The molecule has 1 rings (SSSR count). The zero-order valence-electron chi connectivity index (χ0n) is 7.67. The van der Waals surface area contributed by atoms with Crippen molar-refractivity contribution in [2.24, 2.45) is 0 Å². The number of nitrogens with zero attached hydrogens (tertiary/aromatic N) is 1. The van der Waals surface area contributed by atoms with E-state index in [1.807, 2.05) is 0 Å². The number of aliphatic hydroxyl groups is 1. The second-order valence-electron chi connectivity index (χ2n) is 2.82. The van der Waals surface area contributed by atoms with E-state index >= 15 is 0 Å². The van der Waals surface area contributed by atoms with E-state index in [1.165, 1.54) is 12.3 Å². The van der Waals surface area contributed by atoms with Gasteiger partial charge in [0.2, 0.25) is 0 Å². The number of aromatic carboxylic acids is 2. The fourth-order valence-electron chi connectivity index (χ4n) is 1.11. The van der Waals surface area contributed by atoms with Gasteiger partial charge < -0.3 is 15.3 Å². The van der Waals surface area contributed by atoms with Crippen LogP contribution >= 0.6 is 0 Å². The Labute approximate surface area is 84.8 Å². The molecule has 80 valence electrons. The number of pyridine rings is 1. The Hall–Kier alpha value is -1.95. The smallest absolute Gasteiger partial charge is 0.355 e. The standard InChI is InChI=1S/C9H9NO5/c11-2-1-5-3-6(8(12)13)7(9(14)15)10-4-5/h3-4,11H,1-2H2,(H,12,13)(H,14,15). The van der Waals surface area contributed by atoms with Crippen LogP contribution in [0.1, 0.15) is 26.4 Å². The summed E-state index contributed by atoms with van der Waals surface area (Å²) in [5.41, 5.74) is -0.377. The van der Waals surface area contributed by atoms with Gasteiger partial charge in [-0.2, -0.15) is 0 Å². The Morgan fingerprint density at radius 1 is 1.27 bits per heavy atom. The molecule has 1 aromatic heterocycles. The summed E-state index contributed by atoms with van der Waals surface area (Å²) in [5, 5.41) is 26.0. The first-order valence-corrected chi connectivity index (χ1v) is 4.12. The van der Waals surface area contributed by atoms with Gasteiger partial charge in [-0.3, -0.25) is 0 Å². The Bertz CT molecular complexity index is 401. The summed E-state index contributed by atoms with van der Waals surface area (Å²) < 4.78 is 0. The maximum absolute atomic E-state index is 10.7. The van der Waals surface area contributed by atoms with E-state index in [0.717, 1.165) is 0 Å². The molecule has 0 aliphatic heterocycles. The molecular formula is C9H9NO5. The van der Waals surface area contributed by atoms with Crippen molar-refractivity contribution in [3.05, 3.63) is 29.1 Å². The summed E-state index contributed by atoms with van der Waals surface area (Å²) in [6.07, 6.45) is 1.49. The Kier molecular flexibility index (Phi) is 3.35. The fraction of sp³-hybridized carbons (Fsp3) is 0.222. The average molecular weight is 211 g/mol. The molecule has 6 heteroatoms. The highest BCUT2D eigenvalue weighted by Gasteiger charge is 2.17. The maximum Gasteiger partial charge on any atom is 0.355 e. The van der Waals surface area contributed by atoms with Gasteiger partial charge in [-0.15, -0.1) is 0 Å². The van der Waals surface area contributed by atoms with Gasteiger partial charge >= 0.3 is 11.9 Å². The molecule has 0 aliphatic carbocycles. The van der Waals surface area contributed by atoms with Crippen molar-refractivity contribution in [2.45, 2.75) is 6.42 Å². The second-order valence-corrected chi connectivity index (χ2v) is 2.82. The number of carboxylic acids is 2. The number of aromatic nitrogens is 1. The fourth-order valence-corrected chi connectivity index (χ4v) is 1.11. The van der Waals surface area contributed by atoms with Gasteiger partial charge in [0.05, 0.1) is 5.56 Å². The zero-order valence-corrected chi connectivity index (χ0v) is 7.67. The summed E-state index contributed by atoms with van der Waals surface area (Å²) in [6, 6.07) is 1.20. The topological polar surface area (TPSA) is 108 Å². The molecular weight excluding hydrogens is 202 g/mol. The monoisotopic (exact) mass is 211 g/mol. The third kappa shape index (κ3) is 2.50. The Morgan fingerprint density at radius 2 is 1.93 bits per heavy atom. The molecule has 0 saturated heterocycles.